The molecule has 1 N–H and O–H groups in total. The first kappa shape index (κ1) is 14.2. The molecule has 2 fully saturated rings. The van der Waals surface area contributed by atoms with Crippen LogP contribution in [0.5, 0.6) is 5.75 Å². The summed E-state index contributed by atoms with van der Waals surface area (Å²) in [6.07, 6.45) is 4.44. The molecule has 2 heterocycles. The molecule has 21 heavy (non-hydrogen) atoms. The van der Waals surface area contributed by atoms with Crippen LogP contribution in [-0.4, -0.2) is 58.3 Å². The second kappa shape index (κ2) is 5.93. The van der Waals surface area contributed by atoms with E-state index in [0.717, 1.165) is 11.4 Å². The Balaban J connectivity index is 1.54. The molecule has 1 unspecified atom stereocenters. The Labute approximate surface area is 123 Å². The third kappa shape index (κ3) is 3.12. The van der Waals surface area contributed by atoms with Crippen molar-refractivity contribution in [3.05, 3.63) is 11.9 Å². The molecule has 0 bridgehead atoms. The molecule has 0 aromatic carbocycles. The molecule has 1 aromatic rings. The van der Waals surface area contributed by atoms with Gasteiger partial charge in [0.2, 0.25) is 0 Å². The zero-order valence-corrected chi connectivity index (χ0v) is 12.2. The lowest BCUT2D eigenvalue weighted by Crippen LogP contribution is -2.47. The number of hydrogen-bond acceptors (Lipinski definition) is 4. The minimum absolute atomic E-state index is 0.221. The zero-order chi connectivity index (χ0) is 14.8. The Kier molecular flexibility index (Phi) is 4.01. The summed E-state index contributed by atoms with van der Waals surface area (Å²) in [5.41, 5.74) is 0.868. The fourth-order valence-corrected chi connectivity index (χ4v) is 2.62. The van der Waals surface area contributed by atoms with Gasteiger partial charge in [-0.25, -0.2) is 4.79 Å². The molecule has 1 aliphatic heterocycles. The molecular weight excluding hydrogens is 274 g/mol. The Morgan fingerprint density at radius 3 is 3.05 bits per heavy atom. The van der Waals surface area contributed by atoms with E-state index in [-0.39, 0.29) is 6.10 Å². The molecule has 1 amide bonds. The molecule has 0 radical (unpaired) electrons. The maximum absolute atomic E-state index is 11.0. The summed E-state index contributed by atoms with van der Waals surface area (Å²) in [5, 5.41) is 13.5. The van der Waals surface area contributed by atoms with Crippen molar-refractivity contribution in [3.8, 4) is 5.75 Å². The van der Waals surface area contributed by atoms with E-state index in [9.17, 15) is 4.79 Å². The summed E-state index contributed by atoms with van der Waals surface area (Å²) in [5.74, 6) is 0.762. The third-order valence-corrected chi connectivity index (χ3v) is 4.15. The molecule has 1 atom stereocenters. The molecule has 1 aliphatic carbocycles. The lowest BCUT2D eigenvalue weighted by atomic mass is 9.93. The fourth-order valence-electron chi connectivity index (χ4n) is 2.62. The second-order valence-corrected chi connectivity index (χ2v) is 5.68. The monoisotopic (exact) mass is 295 g/mol. The number of aryl methyl sites for hydroxylation is 1. The van der Waals surface area contributed by atoms with E-state index in [4.69, 9.17) is 14.6 Å². The Morgan fingerprint density at radius 1 is 1.57 bits per heavy atom. The van der Waals surface area contributed by atoms with E-state index in [1.54, 1.807) is 0 Å². The van der Waals surface area contributed by atoms with Crippen molar-refractivity contribution in [1.29, 1.82) is 0 Å². The van der Waals surface area contributed by atoms with Crippen molar-refractivity contribution >= 4 is 6.09 Å². The normalized spacial score (nSPS) is 22.9. The van der Waals surface area contributed by atoms with E-state index in [2.05, 4.69) is 5.10 Å². The van der Waals surface area contributed by atoms with Gasteiger partial charge in [0.05, 0.1) is 25.4 Å². The summed E-state index contributed by atoms with van der Waals surface area (Å²) >= 11 is 0. The van der Waals surface area contributed by atoms with Crippen molar-refractivity contribution in [2.24, 2.45) is 0 Å². The highest BCUT2D eigenvalue weighted by molar-refractivity contribution is 5.65. The molecule has 0 spiro atoms. The molecule has 7 heteroatoms. The highest BCUT2D eigenvalue weighted by Crippen LogP contribution is 2.32. The zero-order valence-electron chi connectivity index (χ0n) is 12.2. The molecule has 2 aliphatic rings. The van der Waals surface area contributed by atoms with Crippen LogP contribution in [0.15, 0.2) is 6.20 Å². The maximum atomic E-state index is 11.0. The van der Waals surface area contributed by atoms with Crippen LogP contribution in [0.4, 0.5) is 4.79 Å². The van der Waals surface area contributed by atoms with Crippen molar-refractivity contribution in [2.75, 3.05) is 26.3 Å². The number of rotatable bonds is 4. The van der Waals surface area contributed by atoms with Gasteiger partial charge in [0, 0.05) is 6.54 Å². The fraction of sp³-hybridized carbons (Fsp3) is 0.714. The van der Waals surface area contributed by atoms with Gasteiger partial charge in [0.1, 0.15) is 18.4 Å². The number of amides is 1. The highest BCUT2D eigenvalue weighted by Gasteiger charge is 2.25. The SMILES string of the molecule is Cc1nn(C2CCC2)cc1OCC1CN(C(=O)O)CCO1. The lowest BCUT2D eigenvalue weighted by molar-refractivity contribution is -0.0413. The van der Waals surface area contributed by atoms with Gasteiger partial charge >= 0.3 is 6.09 Å². The predicted octanol–water partition coefficient (Wildman–Crippen LogP) is 1.67. The average molecular weight is 295 g/mol. The Bertz CT molecular complexity index is 512. The smallest absolute Gasteiger partial charge is 0.407 e. The Morgan fingerprint density at radius 2 is 2.38 bits per heavy atom. The van der Waals surface area contributed by atoms with Crippen LogP contribution in [0.2, 0.25) is 0 Å². The van der Waals surface area contributed by atoms with E-state index >= 15 is 0 Å². The molecule has 1 aromatic heterocycles. The summed E-state index contributed by atoms with van der Waals surface area (Å²) in [6.45, 7) is 3.47. The van der Waals surface area contributed by atoms with Crippen LogP contribution in [0.1, 0.15) is 31.0 Å². The van der Waals surface area contributed by atoms with Gasteiger partial charge in [-0.15, -0.1) is 0 Å². The van der Waals surface area contributed by atoms with Crippen LogP contribution in [0.25, 0.3) is 0 Å². The second-order valence-electron chi connectivity index (χ2n) is 5.68. The number of morpholine rings is 1. The van der Waals surface area contributed by atoms with E-state index in [1.165, 1.54) is 24.2 Å². The topological polar surface area (TPSA) is 76.8 Å². The molecule has 3 rings (SSSR count). The van der Waals surface area contributed by atoms with Gasteiger partial charge in [-0.2, -0.15) is 5.10 Å². The summed E-state index contributed by atoms with van der Waals surface area (Å²) in [7, 11) is 0. The number of ether oxygens (including phenoxy) is 2. The first-order valence-corrected chi connectivity index (χ1v) is 7.41. The highest BCUT2D eigenvalue weighted by atomic mass is 16.5. The van der Waals surface area contributed by atoms with Crippen LogP contribution in [0.3, 0.4) is 0 Å². The summed E-state index contributed by atoms with van der Waals surface area (Å²) in [6, 6.07) is 0.509. The minimum Gasteiger partial charge on any atom is -0.487 e. The molecule has 116 valence electrons. The first-order chi connectivity index (χ1) is 10.1. The minimum atomic E-state index is -0.905. The average Bonchev–Trinajstić information content (AvgIpc) is 2.75. The van der Waals surface area contributed by atoms with E-state index < -0.39 is 6.09 Å². The van der Waals surface area contributed by atoms with Crippen LogP contribution >= 0.6 is 0 Å². The lowest BCUT2D eigenvalue weighted by Gasteiger charge is -2.30. The molecular formula is C14H21N3O4. The largest absolute Gasteiger partial charge is 0.487 e. The van der Waals surface area contributed by atoms with Crippen molar-refractivity contribution < 1.29 is 19.4 Å². The van der Waals surface area contributed by atoms with Gasteiger partial charge in [0.25, 0.3) is 0 Å². The number of carbonyl (C=O) groups is 1. The summed E-state index contributed by atoms with van der Waals surface area (Å²) < 4.78 is 13.3. The van der Waals surface area contributed by atoms with E-state index in [0.29, 0.717) is 32.3 Å². The number of aromatic nitrogens is 2. The van der Waals surface area contributed by atoms with Gasteiger partial charge in [-0.3, -0.25) is 4.68 Å². The van der Waals surface area contributed by atoms with Crippen LogP contribution in [0, 0.1) is 6.92 Å². The number of carboxylic acid groups (broad SMARTS) is 1. The van der Waals surface area contributed by atoms with Crippen molar-refractivity contribution in [2.45, 2.75) is 38.3 Å². The van der Waals surface area contributed by atoms with Crippen molar-refractivity contribution in [3.63, 3.8) is 0 Å². The number of hydrogen-bond donors (Lipinski definition) is 1. The number of nitrogens with zero attached hydrogens (tertiary/aromatic N) is 3. The quantitative estimate of drug-likeness (QED) is 0.914. The van der Waals surface area contributed by atoms with Crippen molar-refractivity contribution in [1.82, 2.24) is 14.7 Å². The van der Waals surface area contributed by atoms with E-state index in [1.807, 2.05) is 17.8 Å². The standard InChI is InChI=1S/C14H21N3O4/c1-10-13(8-17(15-10)11-3-2-4-11)21-9-12-7-16(14(18)19)5-6-20-12/h8,11-12H,2-7,9H2,1H3,(H,18,19). The Hall–Kier alpha value is -1.76. The summed E-state index contributed by atoms with van der Waals surface area (Å²) in [4.78, 5) is 12.3. The van der Waals surface area contributed by atoms with Crippen LogP contribution in [-0.2, 0) is 4.74 Å². The maximum Gasteiger partial charge on any atom is 0.407 e. The third-order valence-electron chi connectivity index (χ3n) is 4.15. The molecule has 1 saturated heterocycles. The molecule has 7 nitrogen and oxygen atoms in total. The van der Waals surface area contributed by atoms with Gasteiger partial charge < -0.3 is 19.5 Å². The molecule has 1 saturated carbocycles. The van der Waals surface area contributed by atoms with Crippen LogP contribution < -0.4 is 4.74 Å². The van der Waals surface area contributed by atoms with Gasteiger partial charge in [0.15, 0.2) is 5.75 Å². The first-order valence-electron chi connectivity index (χ1n) is 7.41. The predicted molar refractivity (Wildman–Crippen MR) is 74.7 cm³/mol. The van der Waals surface area contributed by atoms with Gasteiger partial charge in [-0.1, -0.05) is 0 Å². The van der Waals surface area contributed by atoms with Gasteiger partial charge in [-0.05, 0) is 26.2 Å².